The molecule has 0 amide bonds. The van der Waals surface area contributed by atoms with Gasteiger partial charge in [-0.2, -0.15) is 11.8 Å². The zero-order valence-corrected chi connectivity index (χ0v) is 8.29. The molecule has 0 aromatic heterocycles. The van der Waals surface area contributed by atoms with E-state index in [0.29, 0.717) is 6.61 Å². The molecule has 0 saturated carbocycles. The molecular formula is C6H16OSSi. The van der Waals surface area contributed by atoms with Crippen LogP contribution < -0.4 is 0 Å². The van der Waals surface area contributed by atoms with Crippen molar-refractivity contribution in [3.63, 3.8) is 0 Å². The lowest BCUT2D eigenvalue weighted by molar-refractivity contribution is 0.322. The van der Waals surface area contributed by atoms with Gasteiger partial charge in [-0.25, -0.2) is 0 Å². The molecule has 0 heterocycles. The first-order chi connectivity index (χ1) is 4.06. The van der Waals surface area contributed by atoms with E-state index in [4.69, 9.17) is 5.11 Å². The molecule has 0 aromatic carbocycles. The van der Waals surface area contributed by atoms with Gasteiger partial charge in [0.25, 0.3) is 0 Å². The van der Waals surface area contributed by atoms with Gasteiger partial charge < -0.3 is 5.11 Å². The second-order valence-electron chi connectivity index (χ2n) is 3.34. The highest BCUT2D eigenvalue weighted by molar-refractivity contribution is 8.00. The van der Waals surface area contributed by atoms with Crippen molar-refractivity contribution in [3.05, 3.63) is 0 Å². The Balaban J connectivity index is 3.07. The van der Waals surface area contributed by atoms with E-state index in [1.54, 1.807) is 0 Å². The summed E-state index contributed by atoms with van der Waals surface area (Å²) in [5.74, 6) is 0.907. The second kappa shape index (κ2) is 4.36. The minimum absolute atomic E-state index is 0.329. The minimum atomic E-state index is -0.843. The van der Waals surface area contributed by atoms with E-state index in [1.165, 1.54) is 5.38 Å². The first-order valence-corrected chi connectivity index (χ1v) is 8.11. The van der Waals surface area contributed by atoms with Crippen molar-refractivity contribution in [1.29, 1.82) is 0 Å². The van der Waals surface area contributed by atoms with Crippen LogP contribution in [-0.2, 0) is 0 Å². The zero-order chi connectivity index (χ0) is 7.33. The second-order valence-corrected chi connectivity index (χ2v) is 10.4. The Morgan fingerprint density at radius 2 is 1.89 bits per heavy atom. The number of hydrogen-bond donors (Lipinski definition) is 1. The number of aliphatic hydroxyl groups is 1. The Kier molecular flexibility index (Phi) is 4.61. The summed E-state index contributed by atoms with van der Waals surface area (Å²) in [6, 6.07) is 0. The molecule has 0 fully saturated rings. The van der Waals surface area contributed by atoms with Gasteiger partial charge in [-0.1, -0.05) is 19.6 Å². The molecule has 0 aromatic rings. The van der Waals surface area contributed by atoms with Gasteiger partial charge in [0.05, 0.1) is 14.7 Å². The van der Waals surface area contributed by atoms with Crippen LogP contribution in [0.3, 0.4) is 0 Å². The molecule has 0 aliphatic carbocycles. The molecule has 9 heavy (non-hydrogen) atoms. The monoisotopic (exact) mass is 164 g/mol. The molecule has 0 aliphatic heterocycles. The van der Waals surface area contributed by atoms with E-state index in [-0.39, 0.29) is 0 Å². The number of thioether (sulfide) groups is 1. The molecule has 1 N–H and O–H groups in total. The van der Waals surface area contributed by atoms with Crippen molar-refractivity contribution in [2.45, 2.75) is 19.6 Å². The van der Waals surface area contributed by atoms with Gasteiger partial charge in [0.15, 0.2) is 0 Å². The van der Waals surface area contributed by atoms with E-state index in [0.717, 1.165) is 5.75 Å². The lowest BCUT2D eigenvalue weighted by Crippen LogP contribution is -2.24. The third-order valence-corrected chi connectivity index (χ3v) is 5.52. The Morgan fingerprint density at radius 3 is 2.22 bits per heavy atom. The van der Waals surface area contributed by atoms with Gasteiger partial charge in [-0.3, -0.25) is 0 Å². The van der Waals surface area contributed by atoms with E-state index in [1.807, 2.05) is 11.8 Å². The quantitative estimate of drug-likeness (QED) is 0.503. The summed E-state index contributed by atoms with van der Waals surface area (Å²) in [5.41, 5.74) is 0. The maximum absolute atomic E-state index is 8.46. The molecule has 0 radical (unpaired) electrons. The predicted molar refractivity (Wildman–Crippen MR) is 47.8 cm³/mol. The van der Waals surface area contributed by atoms with Gasteiger partial charge in [0, 0.05) is 5.75 Å². The van der Waals surface area contributed by atoms with Crippen molar-refractivity contribution in [2.75, 3.05) is 17.7 Å². The van der Waals surface area contributed by atoms with Crippen LogP contribution in [0.5, 0.6) is 0 Å². The first kappa shape index (κ1) is 9.53. The number of rotatable bonds is 4. The average Bonchev–Trinajstić information content (AvgIpc) is 1.63. The van der Waals surface area contributed by atoms with Crippen LogP contribution in [0, 0.1) is 0 Å². The number of aliphatic hydroxyl groups excluding tert-OH is 1. The molecule has 0 unspecified atom stereocenters. The van der Waals surface area contributed by atoms with Crippen molar-refractivity contribution in [1.82, 2.24) is 0 Å². The largest absolute Gasteiger partial charge is 0.396 e. The standard InChI is InChI=1S/C6H16OSSi/c1-9(2,3)6-8-5-4-7/h7H,4-6H2,1-3H3. The van der Waals surface area contributed by atoms with E-state index >= 15 is 0 Å². The molecule has 0 aliphatic rings. The van der Waals surface area contributed by atoms with E-state index < -0.39 is 8.07 Å². The van der Waals surface area contributed by atoms with Gasteiger partial charge in [-0.15, -0.1) is 0 Å². The van der Waals surface area contributed by atoms with Crippen LogP contribution in [-0.4, -0.2) is 30.9 Å². The van der Waals surface area contributed by atoms with Crippen molar-refractivity contribution < 1.29 is 5.11 Å². The maximum Gasteiger partial charge on any atom is 0.0548 e. The third kappa shape index (κ3) is 8.53. The van der Waals surface area contributed by atoms with E-state index in [9.17, 15) is 0 Å². The first-order valence-electron chi connectivity index (χ1n) is 3.25. The zero-order valence-electron chi connectivity index (χ0n) is 6.48. The summed E-state index contributed by atoms with van der Waals surface area (Å²) in [7, 11) is -0.843. The van der Waals surface area contributed by atoms with Crippen LogP contribution in [0.2, 0.25) is 19.6 Å². The van der Waals surface area contributed by atoms with Crippen LogP contribution in [0.4, 0.5) is 0 Å². The van der Waals surface area contributed by atoms with Gasteiger partial charge in [0.2, 0.25) is 0 Å². The highest BCUT2D eigenvalue weighted by Gasteiger charge is 2.11. The van der Waals surface area contributed by atoms with E-state index in [2.05, 4.69) is 19.6 Å². The lowest BCUT2D eigenvalue weighted by Gasteiger charge is -2.13. The van der Waals surface area contributed by atoms with Crippen LogP contribution >= 0.6 is 11.8 Å². The average molecular weight is 164 g/mol. The highest BCUT2D eigenvalue weighted by Crippen LogP contribution is 2.09. The molecule has 3 heteroatoms. The van der Waals surface area contributed by atoms with Gasteiger partial charge in [0.1, 0.15) is 0 Å². The summed E-state index contributed by atoms with van der Waals surface area (Å²) in [5, 5.41) is 9.73. The molecule has 0 saturated heterocycles. The van der Waals surface area contributed by atoms with Crippen LogP contribution in [0.1, 0.15) is 0 Å². The Bertz CT molecular complexity index is 69.9. The Morgan fingerprint density at radius 1 is 1.33 bits per heavy atom. The smallest absolute Gasteiger partial charge is 0.0548 e. The Hall–Kier alpha value is 0.527. The lowest BCUT2D eigenvalue weighted by atomic mass is 10.9. The summed E-state index contributed by atoms with van der Waals surface area (Å²) in [4.78, 5) is 0. The fraction of sp³-hybridized carbons (Fsp3) is 1.00. The SMILES string of the molecule is C[Si](C)(C)CSCCO. The summed E-state index contributed by atoms with van der Waals surface area (Å²) < 4.78 is 0. The maximum atomic E-state index is 8.46. The molecule has 1 nitrogen and oxygen atoms in total. The summed E-state index contributed by atoms with van der Waals surface area (Å²) in [6.07, 6.45) is 0. The molecule has 0 bridgehead atoms. The van der Waals surface area contributed by atoms with Crippen molar-refractivity contribution in [3.8, 4) is 0 Å². The van der Waals surface area contributed by atoms with Crippen LogP contribution in [0.15, 0.2) is 0 Å². The van der Waals surface area contributed by atoms with Crippen LogP contribution in [0.25, 0.3) is 0 Å². The van der Waals surface area contributed by atoms with Crippen molar-refractivity contribution >= 4 is 19.8 Å². The molecular weight excluding hydrogens is 148 g/mol. The van der Waals surface area contributed by atoms with Gasteiger partial charge >= 0.3 is 0 Å². The van der Waals surface area contributed by atoms with Gasteiger partial charge in [-0.05, 0) is 5.38 Å². The number of hydrogen-bond acceptors (Lipinski definition) is 2. The molecule has 0 rings (SSSR count). The minimum Gasteiger partial charge on any atom is -0.396 e. The van der Waals surface area contributed by atoms with Crippen molar-refractivity contribution in [2.24, 2.45) is 0 Å². The highest BCUT2D eigenvalue weighted by atomic mass is 32.2. The fourth-order valence-electron chi connectivity index (χ4n) is 0.443. The summed E-state index contributed by atoms with van der Waals surface area (Å²) in [6.45, 7) is 7.36. The molecule has 0 spiro atoms. The molecule has 0 atom stereocenters. The normalized spacial score (nSPS) is 12.0. The molecule has 56 valence electrons. The topological polar surface area (TPSA) is 20.2 Å². The summed E-state index contributed by atoms with van der Waals surface area (Å²) >= 11 is 1.87. The predicted octanol–water partition coefficient (Wildman–Crippen LogP) is 1.59. The third-order valence-electron chi connectivity index (χ3n) is 0.771. The Labute approximate surface area is 62.9 Å². The fourth-order valence-corrected chi connectivity index (χ4v) is 3.60.